The molecule has 0 unspecified atom stereocenters. The van der Waals surface area contributed by atoms with Gasteiger partial charge in [-0.2, -0.15) is 0 Å². The third-order valence-electron chi connectivity index (χ3n) is 0.407. The summed E-state index contributed by atoms with van der Waals surface area (Å²) in [7, 11) is 1.62. The van der Waals surface area contributed by atoms with Gasteiger partial charge in [0.1, 0.15) is 0 Å². The molecule has 0 aromatic carbocycles. The van der Waals surface area contributed by atoms with Crippen molar-refractivity contribution in [2.24, 2.45) is 0 Å². The fourth-order valence-electron chi connectivity index (χ4n) is 0.157. The summed E-state index contributed by atoms with van der Waals surface area (Å²) in [6.45, 7) is 1.94. The van der Waals surface area contributed by atoms with Crippen LogP contribution in [0.2, 0.25) is 0 Å². The van der Waals surface area contributed by atoms with Crippen LogP contribution in [-0.2, 0) is 4.74 Å². The Hall–Kier alpha value is -0.460. The van der Waals surface area contributed by atoms with Crippen LogP contribution >= 0.6 is 0 Å². The molecule has 1 radical (unpaired) electrons. The predicted molar refractivity (Wildman–Crippen MR) is 26.1 cm³/mol. The van der Waals surface area contributed by atoms with Crippen LogP contribution in [0, 0.1) is 6.42 Å². The van der Waals surface area contributed by atoms with Crippen molar-refractivity contribution in [3.63, 3.8) is 0 Å². The first-order chi connectivity index (χ1) is 2.91. The summed E-state index contributed by atoms with van der Waals surface area (Å²) in [5.74, 6) is 0. The lowest BCUT2D eigenvalue weighted by Crippen LogP contribution is -1.61. The highest BCUT2D eigenvalue weighted by Gasteiger charge is 1.59. The highest BCUT2D eigenvalue weighted by Crippen LogP contribution is 1.74. The van der Waals surface area contributed by atoms with E-state index in [2.05, 4.69) is 4.74 Å². The fraction of sp³-hybridized carbons (Fsp3) is 0.400. The van der Waals surface area contributed by atoms with Crippen LogP contribution in [0.4, 0.5) is 0 Å². The molecule has 0 aliphatic rings. The summed E-state index contributed by atoms with van der Waals surface area (Å²) in [5.41, 5.74) is 0. The second-order valence-electron chi connectivity index (χ2n) is 0.898. The van der Waals surface area contributed by atoms with E-state index < -0.39 is 0 Å². The smallest absolute Gasteiger partial charge is 0.0787 e. The molecule has 0 heterocycles. The molecular weight excluding hydrogens is 76.1 g/mol. The maximum Gasteiger partial charge on any atom is 0.0787 e. The molecule has 0 aliphatic carbocycles. The molecule has 0 fully saturated rings. The summed E-state index contributed by atoms with van der Waals surface area (Å²) >= 11 is 0. The van der Waals surface area contributed by atoms with Gasteiger partial charge in [0.25, 0.3) is 0 Å². The predicted octanol–water partition coefficient (Wildman–Crippen LogP) is 1.37. The van der Waals surface area contributed by atoms with Gasteiger partial charge in [0.05, 0.1) is 13.4 Å². The first-order valence-electron chi connectivity index (χ1n) is 1.89. The molecule has 0 aromatic heterocycles. The molecule has 1 heteroatoms. The van der Waals surface area contributed by atoms with Crippen LogP contribution in [0.5, 0.6) is 0 Å². The molecule has 0 spiro atoms. The lowest BCUT2D eigenvalue weighted by atomic mass is 10.5. The van der Waals surface area contributed by atoms with Crippen LogP contribution in [0.15, 0.2) is 12.3 Å². The Morgan fingerprint density at radius 2 is 2.17 bits per heavy atom. The average Bonchev–Trinajstić information content (AvgIpc) is 1.61. The number of rotatable bonds is 2. The maximum absolute atomic E-state index is 4.57. The van der Waals surface area contributed by atoms with Crippen molar-refractivity contribution in [3.05, 3.63) is 18.8 Å². The van der Waals surface area contributed by atoms with E-state index in [1.54, 1.807) is 13.4 Å². The average molecular weight is 85.1 g/mol. The molecule has 0 bridgehead atoms. The van der Waals surface area contributed by atoms with Crippen LogP contribution in [0.1, 0.15) is 6.92 Å². The summed E-state index contributed by atoms with van der Waals surface area (Å²) in [6.07, 6.45) is 5.36. The number of hydrogen-bond donors (Lipinski definition) is 0. The van der Waals surface area contributed by atoms with Crippen molar-refractivity contribution < 1.29 is 4.74 Å². The molecule has 0 saturated heterocycles. The van der Waals surface area contributed by atoms with E-state index in [4.69, 9.17) is 0 Å². The normalized spacial score (nSPS) is 9.67. The minimum absolute atomic E-state index is 1.62. The van der Waals surface area contributed by atoms with Gasteiger partial charge in [-0.3, -0.25) is 0 Å². The number of ether oxygens (including phenoxy) is 1. The van der Waals surface area contributed by atoms with E-state index in [0.717, 1.165) is 0 Å². The zero-order valence-electron chi connectivity index (χ0n) is 4.14. The largest absolute Gasteiger partial charge is 0.505 e. The molecule has 0 saturated carbocycles. The SMILES string of the molecule is C[CH]C=COC. The van der Waals surface area contributed by atoms with Gasteiger partial charge < -0.3 is 4.74 Å². The van der Waals surface area contributed by atoms with Crippen molar-refractivity contribution in [2.75, 3.05) is 7.11 Å². The minimum atomic E-state index is 1.62. The number of hydrogen-bond acceptors (Lipinski definition) is 1. The summed E-state index contributed by atoms with van der Waals surface area (Å²) in [4.78, 5) is 0. The molecule has 0 amide bonds. The molecular formula is C5H9O. The summed E-state index contributed by atoms with van der Waals surface area (Å²) < 4.78 is 4.57. The van der Waals surface area contributed by atoms with Gasteiger partial charge in [-0.05, 0) is 12.5 Å². The maximum atomic E-state index is 4.57. The van der Waals surface area contributed by atoms with Gasteiger partial charge in [0, 0.05) is 0 Å². The molecule has 0 aromatic rings. The van der Waals surface area contributed by atoms with E-state index in [-0.39, 0.29) is 0 Å². The Bertz CT molecular complexity index is 33.2. The number of methoxy groups -OCH3 is 1. The van der Waals surface area contributed by atoms with E-state index in [1.165, 1.54) is 0 Å². The summed E-state index contributed by atoms with van der Waals surface area (Å²) in [6, 6.07) is 0. The molecule has 6 heavy (non-hydrogen) atoms. The molecule has 35 valence electrons. The Kier molecular flexibility index (Phi) is 4.19. The van der Waals surface area contributed by atoms with Crippen LogP contribution in [-0.4, -0.2) is 7.11 Å². The number of allylic oxidation sites excluding steroid dienone is 1. The van der Waals surface area contributed by atoms with Gasteiger partial charge in [-0.15, -0.1) is 0 Å². The van der Waals surface area contributed by atoms with E-state index in [1.807, 2.05) is 19.4 Å². The zero-order chi connectivity index (χ0) is 4.83. The Morgan fingerprint density at radius 3 is 2.33 bits per heavy atom. The van der Waals surface area contributed by atoms with Crippen molar-refractivity contribution in [3.8, 4) is 0 Å². The third-order valence-corrected chi connectivity index (χ3v) is 0.407. The molecule has 0 atom stereocenters. The van der Waals surface area contributed by atoms with Gasteiger partial charge in [0.15, 0.2) is 0 Å². The first-order valence-corrected chi connectivity index (χ1v) is 1.89. The Balaban J connectivity index is 2.73. The van der Waals surface area contributed by atoms with Crippen molar-refractivity contribution in [2.45, 2.75) is 6.92 Å². The lowest BCUT2D eigenvalue weighted by molar-refractivity contribution is 0.337. The second kappa shape index (κ2) is 4.54. The Morgan fingerprint density at radius 1 is 1.50 bits per heavy atom. The van der Waals surface area contributed by atoms with Crippen LogP contribution in [0.3, 0.4) is 0 Å². The van der Waals surface area contributed by atoms with Gasteiger partial charge in [0.2, 0.25) is 0 Å². The van der Waals surface area contributed by atoms with Crippen LogP contribution < -0.4 is 0 Å². The second-order valence-corrected chi connectivity index (χ2v) is 0.898. The van der Waals surface area contributed by atoms with Gasteiger partial charge >= 0.3 is 0 Å². The quantitative estimate of drug-likeness (QED) is 0.460. The first kappa shape index (κ1) is 5.54. The van der Waals surface area contributed by atoms with Crippen molar-refractivity contribution in [1.29, 1.82) is 0 Å². The highest BCUT2D eigenvalue weighted by molar-refractivity contribution is 4.85. The van der Waals surface area contributed by atoms with Crippen molar-refractivity contribution >= 4 is 0 Å². The molecule has 0 rings (SSSR count). The van der Waals surface area contributed by atoms with E-state index >= 15 is 0 Å². The van der Waals surface area contributed by atoms with Crippen LogP contribution in [0.25, 0.3) is 0 Å². The van der Waals surface area contributed by atoms with Gasteiger partial charge in [-0.1, -0.05) is 6.92 Å². The Labute approximate surface area is 38.6 Å². The zero-order valence-corrected chi connectivity index (χ0v) is 4.14. The third kappa shape index (κ3) is 3.54. The van der Waals surface area contributed by atoms with E-state index in [9.17, 15) is 0 Å². The van der Waals surface area contributed by atoms with Crippen molar-refractivity contribution in [1.82, 2.24) is 0 Å². The fourth-order valence-corrected chi connectivity index (χ4v) is 0.157. The molecule has 1 nitrogen and oxygen atoms in total. The highest BCUT2D eigenvalue weighted by atomic mass is 16.5. The monoisotopic (exact) mass is 85.1 g/mol. The summed E-state index contributed by atoms with van der Waals surface area (Å²) in [5, 5.41) is 0. The molecule has 0 aliphatic heterocycles. The lowest BCUT2D eigenvalue weighted by Gasteiger charge is -1.79. The minimum Gasteiger partial charge on any atom is -0.505 e. The van der Waals surface area contributed by atoms with Gasteiger partial charge in [-0.25, -0.2) is 0 Å². The van der Waals surface area contributed by atoms with E-state index in [0.29, 0.717) is 0 Å². The standard InChI is InChI=1S/C5H9O/c1-3-4-5-6-2/h3-5H,1-2H3. The molecule has 0 N–H and O–H groups in total. The topological polar surface area (TPSA) is 9.23 Å².